The highest BCUT2D eigenvalue weighted by Crippen LogP contribution is 2.43. The minimum atomic E-state index is -4.29. The van der Waals surface area contributed by atoms with Crippen LogP contribution in [0.3, 0.4) is 0 Å². The van der Waals surface area contributed by atoms with Gasteiger partial charge in [-0.25, -0.2) is 4.57 Å². The predicted octanol–water partition coefficient (Wildman–Crippen LogP) is 19.0. The zero-order valence-electron chi connectivity index (χ0n) is 47.2. The first-order chi connectivity index (χ1) is 34.6. The van der Waals surface area contributed by atoms with Gasteiger partial charge in [-0.2, -0.15) is 0 Å². The van der Waals surface area contributed by atoms with Crippen LogP contribution in [0, 0.1) is 0 Å². The Hall–Kier alpha value is -2.06. The van der Waals surface area contributed by atoms with Crippen molar-refractivity contribution in [2.45, 2.75) is 264 Å². The largest absolute Gasteiger partial charge is 0.472 e. The number of nitrogens with zero attached hydrogens (tertiary/aromatic N) is 1. The fourth-order valence-corrected chi connectivity index (χ4v) is 8.97. The molecule has 0 saturated heterocycles. The summed E-state index contributed by atoms with van der Waals surface area (Å²) in [5.74, 6) is -0.317. The van der Waals surface area contributed by atoms with Crippen molar-refractivity contribution in [3.8, 4) is 0 Å². The molecule has 414 valence electrons. The summed E-state index contributed by atoms with van der Waals surface area (Å²) in [4.78, 5) is 23.1. The van der Waals surface area contributed by atoms with Crippen LogP contribution >= 0.6 is 7.82 Å². The fraction of sp³-hybridized carbons (Fsp3) is 0.790. The molecule has 0 heterocycles. The number of phosphoric acid groups is 1. The van der Waals surface area contributed by atoms with Gasteiger partial charge in [-0.1, -0.05) is 241 Å². The third-order valence-electron chi connectivity index (χ3n) is 12.8. The van der Waals surface area contributed by atoms with E-state index in [1.807, 2.05) is 21.1 Å². The second kappa shape index (κ2) is 54.2. The molecule has 0 amide bonds. The van der Waals surface area contributed by atoms with Gasteiger partial charge in [0, 0.05) is 13.0 Å². The average Bonchev–Trinajstić information content (AvgIpc) is 3.33. The number of carbonyl (C=O) groups excluding carboxylic acids is 1. The number of phosphoric ester groups is 1. The minimum Gasteiger partial charge on any atom is -0.457 e. The molecule has 0 fully saturated rings. The number of rotatable bonds is 55. The van der Waals surface area contributed by atoms with Crippen LogP contribution in [0.25, 0.3) is 0 Å². The van der Waals surface area contributed by atoms with Crippen LogP contribution in [0.1, 0.15) is 258 Å². The molecule has 0 aromatic rings. The van der Waals surface area contributed by atoms with E-state index in [-0.39, 0.29) is 25.8 Å². The molecular formula is C62H115NO7P+. The van der Waals surface area contributed by atoms with Crippen molar-refractivity contribution < 1.29 is 37.3 Å². The van der Waals surface area contributed by atoms with Crippen molar-refractivity contribution >= 4 is 13.8 Å². The number of carbonyl (C=O) groups is 1. The van der Waals surface area contributed by atoms with E-state index in [0.29, 0.717) is 24.1 Å². The standard InChI is InChI=1S/C62H114NO7P/c1-6-8-10-12-14-16-18-20-22-24-26-28-30-31-32-34-36-38-40-42-44-46-48-50-52-54-57-67-59-61(60-69-71(65,66)68-58-56-63(3,4)5)70-62(64)55-53-51-49-47-45-43-41-39-37-35-33-29-27-25-23-21-19-17-15-13-11-9-7-2/h9,11,15,17-18,20-21,23-24,26-27,29,61H,6-8,10,12-14,16,19,22,25,28,30-60H2,1-5H3/p+1/b11-9-,17-15-,20-18-,23-21-,26-24-,29-27-. The van der Waals surface area contributed by atoms with Gasteiger partial charge < -0.3 is 18.9 Å². The monoisotopic (exact) mass is 1020 g/mol. The van der Waals surface area contributed by atoms with Crippen LogP contribution in [0.5, 0.6) is 0 Å². The number of hydrogen-bond donors (Lipinski definition) is 1. The van der Waals surface area contributed by atoms with Crippen LogP contribution < -0.4 is 0 Å². The normalized spacial score (nSPS) is 13.9. The zero-order valence-corrected chi connectivity index (χ0v) is 48.1. The molecule has 9 heteroatoms. The average molecular weight is 1020 g/mol. The maximum Gasteiger partial charge on any atom is 0.472 e. The maximum absolute atomic E-state index is 12.8. The number of allylic oxidation sites excluding steroid dienone is 12. The van der Waals surface area contributed by atoms with Crippen LogP contribution in [-0.2, 0) is 27.9 Å². The van der Waals surface area contributed by atoms with Crippen LogP contribution in [-0.4, -0.2) is 75.6 Å². The van der Waals surface area contributed by atoms with Gasteiger partial charge in [-0.3, -0.25) is 13.8 Å². The molecular weight excluding hydrogens is 902 g/mol. The smallest absolute Gasteiger partial charge is 0.457 e. The molecule has 0 aromatic carbocycles. The Bertz CT molecular complexity index is 1370. The molecule has 1 N–H and O–H groups in total. The third-order valence-corrected chi connectivity index (χ3v) is 13.7. The molecule has 71 heavy (non-hydrogen) atoms. The molecule has 0 radical (unpaired) electrons. The first-order valence-electron chi connectivity index (χ1n) is 29.7. The summed E-state index contributed by atoms with van der Waals surface area (Å²) in [6, 6.07) is 0. The number of hydrogen-bond acceptors (Lipinski definition) is 6. The molecule has 0 aliphatic rings. The highest BCUT2D eigenvalue weighted by atomic mass is 31.2. The summed E-state index contributed by atoms with van der Waals surface area (Å²) in [6.45, 7) is 5.52. The van der Waals surface area contributed by atoms with Gasteiger partial charge in [0.25, 0.3) is 0 Å². The minimum absolute atomic E-state index is 0.0856. The summed E-state index contributed by atoms with van der Waals surface area (Å²) >= 11 is 0. The van der Waals surface area contributed by atoms with Crippen molar-refractivity contribution in [1.29, 1.82) is 0 Å². The van der Waals surface area contributed by atoms with Gasteiger partial charge in [0.1, 0.15) is 19.3 Å². The Morgan fingerprint density at radius 2 is 0.817 bits per heavy atom. The lowest BCUT2D eigenvalue weighted by molar-refractivity contribution is -0.870. The summed E-state index contributed by atoms with van der Waals surface area (Å²) in [5, 5.41) is 0. The van der Waals surface area contributed by atoms with E-state index in [2.05, 4.69) is 86.8 Å². The number of quaternary nitrogens is 1. The third kappa shape index (κ3) is 58.7. The molecule has 0 aliphatic heterocycles. The maximum atomic E-state index is 12.8. The molecule has 0 spiro atoms. The van der Waals surface area contributed by atoms with Crippen molar-refractivity contribution in [2.24, 2.45) is 0 Å². The Morgan fingerprint density at radius 1 is 0.451 bits per heavy atom. The van der Waals surface area contributed by atoms with Crippen molar-refractivity contribution in [1.82, 2.24) is 0 Å². The molecule has 2 unspecified atom stereocenters. The Morgan fingerprint density at radius 3 is 1.23 bits per heavy atom. The Labute approximate surface area is 440 Å². The van der Waals surface area contributed by atoms with Crippen LogP contribution in [0.2, 0.25) is 0 Å². The van der Waals surface area contributed by atoms with Crippen LogP contribution in [0.4, 0.5) is 0 Å². The van der Waals surface area contributed by atoms with Gasteiger partial charge in [-0.15, -0.1) is 0 Å². The number of unbranched alkanes of at least 4 members (excludes halogenated alkanes) is 29. The van der Waals surface area contributed by atoms with E-state index in [1.165, 1.54) is 173 Å². The molecule has 8 nitrogen and oxygen atoms in total. The van der Waals surface area contributed by atoms with E-state index < -0.39 is 13.9 Å². The van der Waals surface area contributed by atoms with Gasteiger partial charge in [0.2, 0.25) is 0 Å². The van der Waals surface area contributed by atoms with Gasteiger partial charge in [-0.05, 0) is 83.5 Å². The van der Waals surface area contributed by atoms with E-state index in [0.717, 1.165) is 64.2 Å². The first kappa shape index (κ1) is 68.9. The molecule has 0 saturated carbocycles. The molecule has 0 aromatic heterocycles. The van der Waals surface area contributed by atoms with E-state index in [4.69, 9.17) is 18.5 Å². The SMILES string of the molecule is CC/C=C\C/C=C\C/C=C\C/C=C\CCCCCCCCCCCCC(=O)OC(COCCCCCCCCCCCCCCCC/C=C\C/C=C\CCCCCCC)COP(=O)(O)OCC[N+](C)(C)C. The van der Waals surface area contributed by atoms with Crippen molar-refractivity contribution in [2.75, 3.05) is 54.1 Å². The molecule has 0 aliphatic carbocycles. The highest BCUT2D eigenvalue weighted by molar-refractivity contribution is 7.47. The molecule has 0 rings (SSSR count). The fourth-order valence-electron chi connectivity index (χ4n) is 8.22. The van der Waals surface area contributed by atoms with E-state index >= 15 is 0 Å². The topological polar surface area (TPSA) is 91.3 Å². The van der Waals surface area contributed by atoms with Gasteiger partial charge >= 0.3 is 13.8 Å². The van der Waals surface area contributed by atoms with Crippen LogP contribution in [0.15, 0.2) is 72.9 Å². The Kier molecular flexibility index (Phi) is 52.6. The van der Waals surface area contributed by atoms with E-state index in [9.17, 15) is 14.3 Å². The summed E-state index contributed by atoms with van der Waals surface area (Å²) in [6.07, 6.45) is 72.5. The second-order valence-electron chi connectivity index (χ2n) is 21.0. The molecule has 0 bridgehead atoms. The lowest BCUT2D eigenvalue weighted by Crippen LogP contribution is -2.37. The summed E-state index contributed by atoms with van der Waals surface area (Å²) in [7, 11) is 1.66. The second-order valence-corrected chi connectivity index (χ2v) is 22.4. The predicted molar refractivity (Wildman–Crippen MR) is 307 cm³/mol. The quantitative estimate of drug-likeness (QED) is 0.0213. The lowest BCUT2D eigenvalue weighted by Gasteiger charge is -2.24. The zero-order chi connectivity index (χ0) is 51.9. The Balaban J connectivity index is 4.06. The van der Waals surface area contributed by atoms with Crippen molar-refractivity contribution in [3.05, 3.63) is 72.9 Å². The van der Waals surface area contributed by atoms with Gasteiger partial charge in [0.15, 0.2) is 0 Å². The summed E-state index contributed by atoms with van der Waals surface area (Å²) in [5.41, 5.74) is 0. The number of ether oxygens (including phenoxy) is 2. The van der Waals surface area contributed by atoms with E-state index in [1.54, 1.807) is 0 Å². The number of esters is 1. The highest BCUT2D eigenvalue weighted by Gasteiger charge is 2.26. The lowest BCUT2D eigenvalue weighted by atomic mass is 10.0. The first-order valence-corrected chi connectivity index (χ1v) is 31.2. The van der Waals surface area contributed by atoms with Crippen molar-refractivity contribution in [3.63, 3.8) is 0 Å². The molecule has 2 atom stereocenters. The summed E-state index contributed by atoms with van der Waals surface area (Å²) < 4.78 is 35.3. The van der Waals surface area contributed by atoms with Gasteiger partial charge in [0.05, 0.1) is 34.4 Å². The number of likely N-dealkylation sites (N-methyl/N-ethyl adjacent to an activating group) is 1.